The first kappa shape index (κ1) is 27.5. The van der Waals surface area contributed by atoms with Gasteiger partial charge in [-0.2, -0.15) is 0 Å². The van der Waals surface area contributed by atoms with Gasteiger partial charge < -0.3 is 15.4 Å². The quantitative estimate of drug-likeness (QED) is 0.302. The monoisotopic (exact) mass is 604 g/mol. The maximum absolute atomic E-state index is 13.6. The van der Waals surface area contributed by atoms with E-state index in [1.165, 1.54) is 10.6 Å². The van der Waals surface area contributed by atoms with Crippen molar-refractivity contribution < 1.29 is 14.3 Å². The average molecular weight is 605 g/mol. The summed E-state index contributed by atoms with van der Waals surface area (Å²) in [4.78, 5) is 53.0. The number of fused-ring (bicyclic) bond motifs is 1. The number of aromatic nitrogens is 2. The molecule has 4 aromatic rings. The highest BCUT2D eigenvalue weighted by Gasteiger charge is 2.22. The number of ether oxygens (including phenoxy) is 1. The van der Waals surface area contributed by atoms with E-state index < -0.39 is 17.2 Å². The van der Waals surface area contributed by atoms with Crippen LogP contribution in [0.4, 0.5) is 5.69 Å². The third-order valence-electron chi connectivity index (χ3n) is 6.87. The van der Waals surface area contributed by atoms with Crippen molar-refractivity contribution in [3.63, 3.8) is 0 Å². The number of carbonyl (C=O) groups excluding carboxylic acids is 2. The van der Waals surface area contributed by atoms with Crippen LogP contribution < -0.4 is 21.9 Å². The maximum atomic E-state index is 13.6. The van der Waals surface area contributed by atoms with Gasteiger partial charge in [0.25, 0.3) is 11.5 Å². The molecule has 206 valence electrons. The topological polar surface area (TPSA) is 111 Å². The molecule has 1 saturated heterocycles. The van der Waals surface area contributed by atoms with E-state index in [0.717, 1.165) is 27.4 Å². The van der Waals surface area contributed by atoms with Gasteiger partial charge >= 0.3 is 5.69 Å². The van der Waals surface area contributed by atoms with Gasteiger partial charge in [0.2, 0.25) is 5.91 Å². The molecule has 5 rings (SSSR count). The van der Waals surface area contributed by atoms with E-state index in [0.29, 0.717) is 30.8 Å². The molecule has 0 aliphatic carbocycles. The van der Waals surface area contributed by atoms with Crippen LogP contribution in [0.3, 0.4) is 0 Å². The first-order valence-electron chi connectivity index (χ1n) is 13.2. The third kappa shape index (κ3) is 6.40. The minimum Gasteiger partial charge on any atom is -0.376 e. The molecule has 0 radical (unpaired) electrons. The van der Waals surface area contributed by atoms with Gasteiger partial charge in [0.1, 0.15) is 6.54 Å². The number of carbonyl (C=O) groups is 2. The van der Waals surface area contributed by atoms with Crippen molar-refractivity contribution in [1.82, 2.24) is 14.5 Å². The van der Waals surface area contributed by atoms with E-state index in [-0.39, 0.29) is 36.0 Å². The Morgan fingerprint density at radius 3 is 2.48 bits per heavy atom. The second kappa shape index (κ2) is 12.4. The van der Waals surface area contributed by atoms with E-state index in [2.05, 4.69) is 26.6 Å². The Balaban J connectivity index is 1.46. The lowest BCUT2D eigenvalue weighted by Gasteiger charge is -2.17. The van der Waals surface area contributed by atoms with Crippen LogP contribution in [-0.4, -0.2) is 40.2 Å². The summed E-state index contributed by atoms with van der Waals surface area (Å²) in [6.07, 6.45) is 2.02. The first-order chi connectivity index (χ1) is 19.4. The fourth-order valence-corrected chi connectivity index (χ4v) is 5.07. The van der Waals surface area contributed by atoms with E-state index in [1.54, 1.807) is 36.4 Å². The number of benzene rings is 3. The molecule has 2 heterocycles. The smallest absolute Gasteiger partial charge is 0.332 e. The highest BCUT2D eigenvalue weighted by molar-refractivity contribution is 9.10. The molecular formula is C30H29BrN4O5. The van der Waals surface area contributed by atoms with Crippen molar-refractivity contribution in [2.45, 2.75) is 38.5 Å². The van der Waals surface area contributed by atoms with Gasteiger partial charge in [-0.05, 0) is 67.3 Å². The highest BCUT2D eigenvalue weighted by atomic mass is 79.9. The van der Waals surface area contributed by atoms with Gasteiger partial charge in [-0.25, -0.2) is 4.79 Å². The second-order valence-corrected chi connectivity index (χ2v) is 10.6. The molecule has 1 aliphatic heterocycles. The summed E-state index contributed by atoms with van der Waals surface area (Å²) >= 11 is 3.37. The van der Waals surface area contributed by atoms with Crippen molar-refractivity contribution in [2.24, 2.45) is 0 Å². The molecule has 1 fully saturated rings. The standard InChI is InChI=1S/C30H29BrN4O5/c31-22-9-11-23(12-10-22)33-27(36)19-34-26-17-21(28(37)32-15-14-20-5-2-1-3-6-20)8-13-25(26)29(38)35(30(34)39)18-24-7-4-16-40-24/h1-3,5-6,8-13,17,24H,4,7,14-16,18-19H2,(H,32,37)(H,33,36)/t24-/m1/s1. The summed E-state index contributed by atoms with van der Waals surface area (Å²) < 4.78 is 8.91. The lowest BCUT2D eigenvalue weighted by atomic mass is 10.1. The van der Waals surface area contributed by atoms with E-state index in [9.17, 15) is 19.2 Å². The minimum absolute atomic E-state index is 0.101. The van der Waals surface area contributed by atoms with Gasteiger partial charge in [-0.1, -0.05) is 46.3 Å². The molecule has 10 heteroatoms. The Hall–Kier alpha value is -4.02. The molecule has 0 saturated carbocycles. The predicted molar refractivity (Wildman–Crippen MR) is 157 cm³/mol. The number of hydrogen-bond donors (Lipinski definition) is 2. The average Bonchev–Trinajstić information content (AvgIpc) is 3.48. The van der Waals surface area contributed by atoms with Gasteiger partial charge in [0.15, 0.2) is 0 Å². The van der Waals surface area contributed by atoms with Crippen molar-refractivity contribution in [1.29, 1.82) is 0 Å². The van der Waals surface area contributed by atoms with Crippen LogP contribution >= 0.6 is 15.9 Å². The van der Waals surface area contributed by atoms with Crippen molar-refractivity contribution in [3.8, 4) is 0 Å². The van der Waals surface area contributed by atoms with Crippen molar-refractivity contribution in [3.05, 3.63) is 109 Å². The van der Waals surface area contributed by atoms with E-state index >= 15 is 0 Å². The Labute approximate surface area is 238 Å². The fourth-order valence-electron chi connectivity index (χ4n) is 4.81. The number of amides is 2. The molecule has 0 bridgehead atoms. The Bertz CT molecular complexity index is 1640. The van der Waals surface area contributed by atoms with Crippen LogP contribution in [0.5, 0.6) is 0 Å². The molecule has 1 aromatic heterocycles. The molecule has 3 aromatic carbocycles. The predicted octanol–water partition coefficient (Wildman–Crippen LogP) is 3.72. The highest BCUT2D eigenvalue weighted by Crippen LogP contribution is 2.17. The zero-order chi connectivity index (χ0) is 28.1. The summed E-state index contributed by atoms with van der Waals surface area (Å²) in [5, 5.41) is 5.92. The first-order valence-corrected chi connectivity index (χ1v) is 13.9. The van der Waals surface area contributed by atoms with Crippen LogP contribution in [0.2, 0.25) is 0 Å². The van der Waals surface area contributed by atoms with Gasteiger partial charge in [-0.3, -0.25) is 23.5 Å². The molecule has 1 aliphatic rings. The number of anilines is 1. The molecular weight excluding hydrogens is 576 g/mol. The van der Waals surface area contributed by atoms with Gasteiger partial charge in [-0.15, -0.1) is 0 Å². The van der Waals surface area contributed by atoms with Crippen LogP contribution in [0.15, 0.2) is 86.9 Å². The molecule has 40 heavy (non-hydrogen) atoms. The normalized spacial score (nSPS) is 14.8. The Kier molecular flexibility index (Phi) is 8.57. The SMILES string of the molecule is O=C(Cn1c(=O)n(C[C@H]2CCCO2)c(=O)c2ccc(C(=O)NCCc3ccccc3)cc21)Nc1ccc(Br)cc1. The molecule has 2 amide bonds. The van der Waals surface area contributed by atoms with Gasteiger partial charge in [0.05, 0.1) is 23.6 Å². The maximum Gasteiger partial charge on any atom is 0.332 e. The van der Waals surface area contributed by atoms with Crippen LogP contribution in [0.25, 0.3) is 10.9 Å². The second-order valence-electron chi connectivity index (χ2n) is 9.70. The molecule has 1 atom stereocenters. The Morgan fingerprint density at radius 2 is 1.75 bits per heavy atom. The lowest BCUT2D eigenvalue weighted by Crippen LogP contribution is -2.43. The zero-order valence-corrected chi connectivity index (χ0v) is 23.4. The number of nitrogens with one attached hydrogen (secondary N) is 2. The number of hydrogen-bond acceptors (Lipinski definition) is 5. The van der Waals surface area contributed by atoms with Crippen LogP contribution in [-0.2, 0) is 29.0 Å². The van der Waals surface area contributed by atoms with Crippen LogP contribution in [0, 0.1) is 0 Å². The summed E-state index contributed by atoms with van der Waals surface area (Å²) in [6, 6.07) is 21.5. The number of nitrogens with zero attached hydrogens (tertiary/aromatic N) is 2. The lowest BCUT2D eigenvalue weighted by molar-refractivity contribution is -0.116. The van der Waals surface area contributed by atoms with E-state index in [4.69, 9.17) is 4.74 Å². The molecule has 0 spiro atoms. The molecule has 2 N–H and O–H groups in total. The number of rotatable bonds is 9. The van der Waals surface area contributed by atoms with E-state index in [1.807, 2.05) is 30.3 Å². The summed E-state index contributed by atoms with van der Waals surface area (Å²) in [5.41, 5.74) is 1.07. The summed E-state index contributed by atoms with van der Waals surface area (Å²) in [7, 11) is 0. The zero-order valence-electron chi connectivity index (χ0n) is 21.8. The van der Waals surface area contributed by atoms with Gasteiger partial charge in [0, 0.05) is 28.9 Å². The fraction of sp³-hybridized carbons (Fsp3) is 0.267. The largest absolute Gasteiger partial charge is 0.376 e. The van der Waals surface area contributed by atoms with Crippen LogP contribution in [0.1, 0.15) is 28.8 Å². The summed E-state index contributed by atoms with van der Waals surface area (Å²) in [5.74, 6) is -0.773. The number of halogens is 1. The molecule has 0 unspecified atom stereocenters. The van der Waals surface area contributed by atoms with Crippen molar-refractivity contribution >= 4 is 44.3 Å². The third-order valence-corrected chi connectivity index (χ3v) is 7.40. The molecule has 9 nitrogen and oxygen atoms in total. The summed E-state index contributed by atoms with van der Waals surface area (Å²) in [6.45, 7) is 0.770. The minimum atomic E-state index is -0.624. The van der Waals surface area contributed by atoms with Crippen molar-refractivity contribution in [2.75, 3.05) is 18.5 Å². The Morgan fingerprint density at radius 1 is 0.975 bits per heavy atom.